The second kappa shape index (κ2) is 5.96. The number of hydrogen-bond donors (Lipinski definition) is 0. The molecule has 1 amide bonds. The van der Waals surface area contributed by atoms with Gasteiger partial charge in [-0.3, -0.25) is 9.48 Å². The lowest BCUT2D eigenvalue weighted by molar-refractivity contribution is 0.0723. The monoisotopic (exact) mass is 317 g/mol. The predicted molar refractivity (Wildman–Crippen MR) is 93.5 cm³/mol. The van der Waals surface area contributed by atoms with Crippen LogP contribution in [-0.2, 0) is 20.0 Å². The largest absolute Gasteiger partial charge is 0.333 e. The van der Waals surface area contributed by atoms with Gasteiger partial charge in [-0.25, -0.2) is 0 Å². The second-order valence-electron chi connectivity index (χ2n) is 6.15. The summed E-state index contributed by atoms with van der Waals surface area (Å²) in [5, 5.41) is 4.51. The van der Waals surface area contributed by atoms with E-state index in [1.807, 2.05) is 54.4 Å². The van der Waals surface area contributed by atoms with Gasteiger partial charge >= 0.3 is 0 Å². The molecule has 24 heavy (non-hydrogen) atoms. The number of benzene rings is 2. The molecule has 0 N–H and O–H groups in total. The average Bonchev–Trinajstić information content (AvgIpc) is 3.03. The second-order valence-corrected chi connectivity index (χ2v) is 6.15. The van der Waals surface area contributed by atoms with Crippen LogP contribution in [0.25, 0.3) is 11.3 Å². The molecule has 0 atom stereocenters. The van der Waals surface area contributed by atoms with Gasteiger partial charge in [-0.1, -0.05) is 54.6 Å². The first kappa shape index (κ1) is 14.7. The topological polar surface area (TPSA) is 38.1 Å². The van der Waals surface area contributed by atoms with Gasteiger partial charge in [0.2, 0.25) is 0 Å². The number of nitrogens with zero attached hydrogens (tertiary/aromatic N) is 3. The molecule has 4 rings (SSSR count). The number of amides is 1. The summed E-state index contributed by atoms with van der Waals surface area (Å²) in [6.45, 7) is 1.42. The van der Waals surface area contributed by atoms with Gasteiger partial charge < -0.3 is 4.90 Å². The molecule has 3 aromatic rings. The highest BCUT2D eigenvalue weighted by molar-refractivity contribution is 5.93. The number of carbonyl (C=O) groups is 1. The molecule has 0 bridgehead atoms. The Morgan fingerprint density at radius 2 is 1.71 bits per heavy atom. The molecule has 0 unspecified atom stereocenters. The van der Waals surface area contributed by atoms with E-state index in [1.165, 1.54) is 11.1 Å². The van der Waals surface area contributed by atoms with E-state index in [4.69, 9.17) is 0 Å². The lowest BCUT2D eigenvalue weighted by Gasteiger charge is -2.28. The minimum atomic E-state index is 0.0432. The molecule has 0 aliphatic carbocycles. The Labute approximate surface area is 141 Å². The number of carbonyl (C=O) groups excluding carboxylic acids is 1. The molecule has 4 heteroatoms. The molecule has 0 saturated heterocycles. The smallest absolute Gasteiger partial charge is 0.272 e. The van der Waals surface area contributed by atoms with Crippen LogP contribution >= 0.6 is 0 Å². The first-order chi connectivity index (χ1) is 11.7. The van der Waals surface area contributed by atoms with Gasteiger partial charge in [0.15, 0.2) is 0 Å². The van der Waals surface area contributed by atoms with Gasteiger partial charge in [0.1, 0.15) is 5.69 Å². The van der Waals surface area contributed by atoms with Crippen molar-refractivity contribution in [1.82, 2.24) is 14.7 Å². The van der Waals surface area contributed by atoms with Gasteiger partial charge in [-0.05, 0) is 23.6 Å². The van der Waals surface area contributed by atoms with Gasteiger partial charge in [-0.15, -0.1) is 0 Å². The van der Waals surface area contributed by atoms with E-state index in [0.717, 1.165) is 24.2 Å². The normalized spacial score (nSPS) is 13.6. The Morgan fingerprint density at radius 3 is 2.50 bits per heavy atom. The van der Waals surface area contributed by atoms with Crippen molar-refractivity contribution in [3.63, 3.8) is 0 Å². The number of aromatic nitrogens is 2. The maximum atomic E-state index is 12.9. The van der Waals surface area contributed by atoms with Crippen molar-refractivity contribution < 1.29 is 4.79 Å². The van der Waals surface area contributed by atoms with E-state index in [0.29, 0.717) is 12.2 Å². The number of rotatable bonds is 2. The molecule has 2 heterocycles. The van der Waals surface area contributed by atoms with Crippen LogP contribution in [0, 0.1) is 0 Å². The summed E-state index contributed by atoms with van der Waals surface area (Å²) in [4.78, 5) is 14.9. The van der Waals surface area contributed by atoms with Gasteiger partial charge in [0, 0.05) is 25.7 Å². The predicted octanol–water partition coefficient (Wildman–Crippen LogP) is 3.29. The lowest BCUT2D eigenvalue weighted by Crippen LogP contribution is -2.36. The standard InChI is InChI=1S/C20H19N3O/c1-22-19(13-18(21-22)16-8-3-2-4-9-16)20(24)23-12-11-15-7-5-6-10-17(15)14-23/h2-10,13H,11-12,14H2,1H3. The fourth-order valence-corrected chi connectivity index (χ4v) is 3.25. The highest BCUT2D eigenvalue weighted by Crippen LogP contribution is 2.23. The fourth-order valence-electron chi connectivity index (χ4n) is 3.25. The van der Waals surface area contributed by atoms with E-state index in [1.54, 1.807) is 4.68 Å². The van der Waals surface area contributed by atoms with Crippen LogP contribution in [0.15, 0.2) is 60.7 Å². The van der Waals surface area contributed by atoms with E-state index in [9.17, 15) is 4.79 Å². The maximum Gasteiger partial charge on any atom is 0.272 e. The third kappa shape index (κ3) is 2.60. The van der Waals surface area contributed by atoms with E-state index < -0.39 is 0 Å². The first-order valence-corrected chi connectivity index (χ1v) is 8.18. The van der Waals surface area contributed by atoms with Gasteiger partial charge in [-0.2, -0.15) is 5.10 Å². The SMILES string of the molecule is Cn1nc(-c2ccccc2)cc1C(=O)N1CCc2ccccc2C1. The molecule has 1 aliphatic heterocycles. The molecular formula is C20H19N3O. The van der Waals surface area contributed by atoms with Gasteiger partial charge in [0.05, 0.1) is 5.69 Å². The molecule has 2 aromatic carbocycles. The number of fused-ring (bicyclic) bond motifs is 1. The molecule has 4 nitrogen and oxygen atoms in total. The minimum absolute atomic E-state index is 0.0432. The quantitative estimate of drug-likeness (QED) is 0.727. The lowest BCUT2D eigenvalue weighted by atomic mass is 10.00. The third-order valence-corrected chi connectivity index (χ3v) is 4.59. The highest BCUT2D eigenvalue weighted by atomic mass is 16.2. The van der Waals surface area contributed by atoms with E-state index in [-0.39, 0.29) is 5.91 Å². The summed E-state index contributed by atoms with van der Waals surface area (Å²) in [7, 11) is 1.83. The van der Waals surface area contributed by atoms with E-state index in [2.05, 4.69) is 23.3 Å². The molecule has 1 aliphatic rings. The molecule has 0 fully saturated rings. The third-order valence-electron chi connectivity index (χ3n) is 4.59. The van der Waals surface area contributed by atoms with Crippen molar-refractivity contribution in [1.29, 1.82) is 0 Å². The number of hydrogen-bond acceptors (Lipinski definition) is 2. The molecular weight excluding hydrogens is 298 g/mol. The summed E-state index contributed by atoms with van der Waals surface area (Å²) < 4.78 is 1.69. The summed E-state index contributed by atoms with van der Waals surface area (Å²) in [6, 6.07) is 20.2. The minimum Gasteiger partial charge on any atom is -0.333 e. The first-order valence-electron chi connectivity index (χ1n) is 8.18. The Balaban J connectivity index is 1.61. The zero-order valence-electron chi connectivity index (χ0n) is 13.6. The van der Waals surface area contributed by atoms with Crippen molar-refractivity contribution in [2.45, 2.75) is 13.0 Å². The van der Waals surface area contributed by atoms with Crippen LogP contribution in [0.4, 0.5) is 0 Å². The van der Waals surface area contributed by atoms with Crippen molar-refractivity contribution >= 4 is 5.91 Å². The highest BCUT2D eigenvalue weighted by Gasteiger charge is 2.24. The van der Waals surface area contributed by atoms with Crippen LogP contribution < -0.4 is 0 Å². The molecule has 0 radical (unpaired) electrons. The van der Waals surface area contributed by atoms with Crippen molar-refractivity contribution in [3.8, 4) is 11.3 Å². The maximum absolute atomic E-state index is 12.9. The van der Waals surface area contributed by atoms with Crippen LogP contribution in [-0.4, -0.2) is 27.1 Å². The molecule has 120 valence electrons. The molecule has 0 saturated carbocycles. The van der Waals surface area contributed by atoms with Crippen LogP contribution in [0.1, 0.15) is 21.6 Å². The van der Waals surface area contributed by atoms with Crippen molar-refractivity contribution in [2.75, 3.05) is 6.54 Å². The zero-order valence-corrected chi connectivity index (χ0v) is 13.6. The summed E-state index contributed by atoms with van der Waals surface area (Å²) in [5.74, 6) is 0.0432. The van der Waals surface area contributed by atoms with Gasteiger partial charge in [0.25, 0.3) is 5.91 Å². The summed E-state index contributed by atoms with van der Waals surface area (Å²) in [5.41, 5.74) is 5.07. The van der Waals surface area contributed by atoms with Crippen molar-refractivity contribution in [3.05, 3.63) is 77.5 Å². The van der Waals surface area contributed by atoms with E-state index >= 15 is 0 Å². The van der Waals surface area contributed by atoms with Crippen LogP contribution in [0.5, 0.6) is 0 Å². The Hall–Kier alpha value is -2.88. The number of aryl methyl sites for hydroxylation is 1. The Kier molecular flexibility index (Phi) is 3.65. The van der Waals surface area contributed by atoms with Crippen molar-refractivity contribution in [2.24, 2.45) is 7.05 Å². The Bertz CT molecular complexity index is 883. The summed E-state index contributed by atoms with van der Waals surface area (Å²) in [6.07, 6.45) is 0.908. The fraction of sp³-hybridized carbons (Fsp3) is 0.200. The average molecular weight is 317 g/mol. The summed E-state index contributed by atoms with van der Waals surface area (Å²) >= 11 is 0. The molecule has 1 aromatic heterocycles. The van der Waals surface area contributed by atoms with Crippen LogP contribution in [0.2, 0.25) is 0 Å². The van der Waals surface area contributed by atoms with Crippen LogP contribution in [0.3, 0.4) is 0 Å². The molecule has 0 spiro atoms. The Morgan fingerprint density at radius 1 is 1.00 bits per heavy atom. The zero-order chi connectivity index (χ0) is 16.5.